The van der Waals surface area contributed by atoms with Crippen LogP contribution >= 0.6 is 11.6 Å². The SMILES string of the molecule is C=CCc1cccc(C2C3=CCC4C(=O)N(c5ccc(C=C)cc5)C(=O)C4C3CC3C(=O)N(c4ccc(F)c(Cl)c4)C(=O)C32C)c1O. The third kappa shape index (κ3) is 4.38. The number of imide groups is 2. The topological polar surface area (TPSA) is 95.0 Å². The molecule has 2 heterocycles. The number of nitrogens with zero attached hydrogens (tertiary/aromatic N) is 2. The summed E-state index contributed by atoms with van der Waals surface area (Å²) in [6.45, 7) is 9.29. The van der Waals surface area contributed by atoms with Crippen LogP contribution in [0.1, 0.15) is 42.4 Å². The average Bonchev–Trinajstić information content (AvgIpc) is 3.43. The molecule has 4 aliphatic rings. The van der Waals surface area contributed by atoms with E-state index in [1.165, 1.54) is 17.0 Å². The van der Waals surface area contributed by atoms with Gasteiger partial charge in [0.05, 0.1) is 39.6 Å². The molecule has 7 rings (SSSR count). The second-order valence-corrected chi connectivity index (χ2v) is 13.3. The first-order chi connectivity index (χ1) is 22.5. The highest BCUT2D eigenvalue weighted by Gasteiger charge is 2.68. The molecule has 7 nitrogen and oxygen atoms in total. The van der Waals surface area contributed by atoms with E-state index in [9.17, 15) is 28.7 Å². The van der Waals surface area contributed by atoms with Crippen LogP contribution in [0.4, 0.5) is 15.8 Å². The molecule has 1 saturated carbocycles. The zero-order chi connectivity index (χ0) is 33.4. The van der Waals surface area contributed by atoms with Crippen LogP contribution < -0.4 is 9.80 Å². The zero-order valence-corrected chi connectivity index (χ0v) is 26.4. The van der Waals surface area contributed by atoms with Gasteiger partial charge in [0.2, 0.25) is 23.6 Å². The summed E-state index contributed by atoms with van der Waals surface area (Å²) in [5.41, 5.74) is 1.89. The van der Waals surface area contributed by atoms with Crippen molar-refractivity contribution in [2.75, 3.05) is 9.80 Å². The van der Waals surface area contributed by atoms with E-state index in [4.69, 9.17) is 11.6 Å². The maximum absolute atomic E-state index is 14.6. The summed E-state index contributed by atoms with van der Waals surface area (Å²) < 4.78 is 14.1. The van der Waals surface area contributed by atoms with Crippen LogP contribution in [0.15, 0.2) is 91.5 Å². The fourth-order valence-corrected chi connectivity index (χ4v) is 8.58. The number of phenolic OH excluding ortho intramolecular Hbond substituents is 1. The van der Waals surface area contributed by atoms with Crippen LogP contribution in [-0.2, 0) is 25.6 Å². The summed E-state index contributed by atoms with van der Waals surface area (Å²) in [6.07, 6.45) is 6.06. The van der Waals surface area contributed by atoms with Gasteiger partial charge in [0.1, 0.15) is 11.6 Å². The van der Waals surface area contributed by atoms with Gasteiger partial charge in [-0.05, 0) is 73.6 Å². The number of fused-ring (bicyclic) bond motifs is 4. The number of hydrogen-bond donors (Lipinski definition) is 1. The highest BCUT2D eigenvalue weighted by Crippen LogP contribution is 2.64. The molecule has 2 aliphatic heterocycles. The summed E-state index contributed by atoms with van der Waals surface area (Å²) in [5, 5.41) is 11.4. The molecule has 47 heavy (non-hydrogen) atoms. The van der Waals surface area contributed by atoms with Gasteiger partial charge in [-0.25, -0.2) is 9.29 Å². The molecule has 1 N–H and O–H groups in total. The van der Waals surface area contributed by atoms with Crippen LogP contribution in [0.3, 0.4) is 0 Å². The van der Waals surface area contributed by atoms with E-state index < -0.39 is 52.6 Å². The van der Waals surface area contributed by atoms with Gasteiger partial charge in [-0.3, -0.25) is 24.1 Å². The largest absolute Gasteiger partial charge is 0.507 e. The summed E-state index contributed by atoms with van der Waals surface area (Å²) in [7, 11) is 0. The average molecular weight is 651 g/mol. The molecular weight excluding hydrogens is 619 g/mol. The van der Waals surface area contributed by atoms with Crippen molar-refractivity contribution in [1.29, 1.82) is 0 Å². The molecule has 238 valence electrons. The van der Waals surface area contributed by atoms with Crippen LogP contribution in [0, 0.1) is 34.9 Å². The first-order valence-electron chi connectivity index (χ1n) is 15.6. The Morgan fingerprint density at radius 1 is 0.957 bits per heavy atom. The minimum absolute atomic E-state index is 0.0117. The monoisotopic (exact) mass is 650 g/mol. The van der Waals surface area contributed by atoms with Crippen molar-refractivity contribution < 1.29 is 28.7 Å². The Morgan fingerprint density at radius 2 is 1.68 bits per heavy atom. The van der Waals surface area contributed by atoms with Crippen molar-refractivity contribution in [3.8, 4) is 5.75 Å². The highest BCUT2D eigenvalue weighted by atomic mass is 35.5. The number of aromatic hydroxyl groups is 1. The lowest BCUT2D eigenvalue weighted by Crippen LogP contribution is -2.49. The van der Waals surface area contributed by atoms with Crippen LogP contribution in [0.25, 0.3) is 6.08 Å². The summed E-state index contributed by atoms with van der Waals surface area (Å²) in [6, 6.07) is 16.0. The molecule has 2 aliphatic carbocycles. The summed E-state index contributed by atoms with van der Waals surface area (Å²) >= 11 is 6.09. The van der Waals surface area contributed by atoms with Crippen molar-refractivity contribution in [3.05, 3.63) is 119 Å². The number of carbonyl (C=O) groups is 4. The van der Waals surface area contributed by atoms with Gasteiger partial charge in [0.15, 0.2) is 0 Å². The van der Waals surface area contributed by atoms with Gasteiger partial charge in [-0.2, -0.15) is 0 Å². The Morgan fingerprint density at radius 3 is 2.36 bits per heavy atom. The number of amides is 4. The molecule has 3 aromatic carbocycles. The van der Waals surface area contributed by atoms with E-state index >= 15 is 0 Å². The fourth-order valence-electron chi connectivity index (χ4n) is 8.41. The molecule has 0 aromatic heterocycles. The molecule has 6 unspecified atom stereocenters. The van der Waals surface area contributed by atoms with Crippen LogP contribution in [0.2, 0.25) is 5.02 Å². The lowest BCUT2D eigenvalue weighted by Gasteiger charge is -2.49. The maximum Gasteiger partial charge on any atom is 0.241 e. The zero-order valence-electron chi connectivity index (χ0n) is 25.7. The lowest BCUT2D eigenvalue weighted by molar-refractivity contribution is -0.131. The Hall–Kier alpha value is -4.82. The molecular formula is C38H32ClFN2O5. The number of halogens is 2. The number of para-hydroxylation sites is 1. The summed E-state index contributed by atoms with van der Waals surface area (Å²) in [4.78, 5) is 59.3. The number of rotatable bonds is 6. The minimum atomic E-state index is -1.37. The molecule has 3 aromatic rings. The maximum atomic E-state index is 14.6. The van der Waals surface area contributed by atoms with Gasteiger partial charge < -0.3 is 5.11 Å². The summed E-state index contributed by atoms with van der Waals surface area (Å²) in [5.74, 6) is -6.01. The van der Waals surface area contributed by atoms with E-state index in [1.807, 2.05) is 6.08 Å². The number of anilines is 2. The molecule has 3 fully saturated rings. The first kappa shape index (κ1) is 30.8. The van der Waals surface area contributed by atoms with Crippen molar-refractivity contribution in [2.24, 2.45) is 29.1 Å². The molecule has 2 saturated heterocycles. The van der Waals surface area contributed by atoms with E-state index in [-0.39, 0.29) is 41.1 Å². The molecule has 9 heteroatoms. The number of phenols is 1. The Balaban J connectivity index is 1.38. The number of allylic oxidation sites excluding steroid dienone is 3. The number of benzene rings is 3. The highest BCUT2D eigenvalue weighted by molar-refractivity contribution is 6.32. The lowest BCUT2D eigenvalue weighted by atomic mass is 9.51. The second-order valence-electron chi connectivity index (χ2n) is 12.9. The van der Waals surface area contributed by atoms with Crippen molar-refractivity contribution >= 4 is 52.7 Å². The van der Waals surface area contributed by atoms with E-state index in [1.54, 1.807) is 61.5 Å². The third-order valence-corrected chi connectivity index (χ3v) is 10.9. The van der Waals surface area contributed by atoms with E-state index in [2.05, 4.69) is 13.2 Å². The fraction of sp³-hybridized carbons (Fsp3) is 0.263. The van der Waals surface area contributed by atoms with Crippen molar-refractivity contribution in [3.63, 3.8) is 0 Å². The van der Waals surface area contributed by atoms with Gasteiger partial charge in [-0.15, -0.1) is 6.58 Å². The molecule has 6 atom stereocenters. The van der Waals surface area contributed by atoms with E-state index in [0.29, 0.717) is 23.2 Å². The Kier molecular flexibility index (Phi) is 7.32. The van der Waals surface area contributed by atoms with Gasteiger partial charge in [0, 0.05) is 11.5 Å². The second kappa shape index (κ2) is 11.2. The van der Waals surface area contributed by atoms with Crippen molar-refractivity contribution in [2.45, 2.75) is 32.1 Å². The predicted octanol–water partition coefficient (Wildman–Crippen LogP) is 6.99. The van der Waals surface area contributed by atoms with Crippen LogP contribution in [0.5, 0.6) is 5.75 Å². The van der Waals surface area contributed by atoms with Gasteiger partial charge in [-0.1, -0.05) is 72.3 Å². The first-order valence-corrected chi connectivity index (χ1v) is 16.0. The van der Waals surface area contributed by atoms with Gasteiger partial charge in [0.25, 0.3) is 0 Å². The van der Waals surface area contributed by atoms with Gasteiger partial charge >= 0.3 is 0 Å². The Labute approximate surface area is 276 Å². The smallest absolute Gasteiger partial charge is 0.241 e. The number of carbonyl (C=O) groups excluding carboxylic acids is 4. The van der Waals surface area contributed by atoms with Crippen molar-refractivity contribution in [1.82, 2.24) is 0 Å². The third-order valence-electron chi connectivity index (χ3n) is 10.6. The van der Waals surface area contributed by atoms with Crippen LogP contribution in [-0.4, -0.2) is 28.7 Å². The van der Waals surface area contributed by atoms with E-state index in [0.717, 1.165) is 22.1 Å². The number of hydrogen-bond acceptors (Lipinski definition) is 5. The minimum Gasteiger partial charge on any atom is -0.507 e. The normalized spacial score (nSPS) is 28.1. The molecule has 0 bridgehead atoms. The molecule has 4 amide bonds. The standard InChI is InChI=1S/C38H32ClFN2O5/c1-4-7-21-8-6-9-26(33(21)43)32-24-15-16-25-31(36(46)41(34(25)44)22-12-10-20(5-2)11-13-22)27(24)19-28-35(45)42(37(47)38(28,32)3)23-14-17-30(40)29(39)18-23/h4-6,8-15,17-18,25,27-28,31-32,43H,1-2,7,16,19H2,3H3. The predicted molar refractivity (Wildman–Crippen MR) is 177 cm³/mol. The quantitative estimate of drug-likeness (QED) is 0.229. The molecule has 0 radical (unpaired) electrons. The Bertz CT molecular complexity index is 1940. The molecule has 0 spiro atoms.